The zero-order valence-electron chi connectivity index (χ0n) is 12.6. The van der Waals surface area contributed by atoms with Crippen LogP contribution < -0.4 is 4.74 Å². The second kappa shape index (κ2) is 6.12. The minimum absolute atomic E-state index is 0.465. The summed E-state index contributed by atoms with van der Waals surface area (Å²) < 4.78 is 5.96. The van der Waals surface area contributed by atoms with Crippen molar-refractivity contribution >= 4 is 0 Å². The van der Waals surface area contributed by atoms with Gasteiger partial charge in [0.15, 0.2) is 0 Å². The number of rotatable bonds is 5. The molecule has 0 bridgehead atoms. The molecule has 0 aliphatic heterocycles. The third kappa shape index (κ3) is 2.80. The van der Waals surface area contributed by atoms with Gasteiger partial charge in [-0.3, -0.25) is 0 Å². The Kier molecular flexibility index (Phi) is 5.06. The van der Waals surface area contributed by atoms with Crippen LogP contribution in [0.25, 0.3) is 0 Å². The fourth-order valence-corrected chi connectivity index (χ4v) is 2.42. The molecule has 0 saturated carbocycles. The highest BCUT2D eigenvalue weighted by Gasteiger charge is 2.18. The van der Waals surface area contributed by atoms with Gasteiger partial charge in [-0.2, -0.15) is 0 Å². The Morgan fingerprint density at radius 1 is 1.00 bits per heavy atom. The molecule has 1 rings (SSSR count). The monoisotopic (exact) mass is 250 g/mol. The first-order valence-electron chi connectivity index (χ1n) is 6.90. The molecule has 0 spiro atoms. The van der Waals surface area contributed by atoms with Crippen LogP contribution in [0.2, 0.25) is 0 Å². The molecule has 1 N–H and O–H groups in total. The second-order valence-electron chi connectivity index (χ2n) is 5.30. The third-order valence-electron chi connectivity index (χ3n) is 3.43. The van der Waals surface area contributed by atoms with Gasteiger partial charge in [-0.25, -0.2) is 0 Å². The quantitative estimate of drug-likeness (QED) is 0.850. The first-order chi connectivity index (χ1) is 8.43. The minimum Gasteiger partial charge on any atom is -0.507 e. The van der Waals surface area contributed by atoms with Crippen LogP contribution in [0.15, 0.2) is 0 Å². The summed E-state index contributed by atoms with van der Waals surface area (Å²) in [6, 6.07) is 0. The first kappa shape index (κ1) is 14.9. The van der Waals surface area contributed by atoms with Crippen LogP contribution in [-0.4, -0.2) is 11.7 Å². The summed E-state index contributed by atoms with van der Waals surface area (Å²) in [5.74, 6) is 1.94. The first-order valence-corrected chi connectivity index (χ1v) is 6.90. The average Bonchev–Trinajstić information content (AvgIpc) is 2.29. The highest BCUT2D eigenvalue weighted by molar-refractivity contribution is 5.57. The molecule has 0 saturated heterocycles. The number of aromatic hydroxyl groups is 1. The highest BCUT2D eigenvalue weighted by atomic mass is 16.5. The number of phenols is 1. The van der Waals surface area contributed by atoms with Gasteiger partial charge in [-0.05, 0) is 43.7 Å². The van der Waals surface area contributed by atoms with E-state index >= 15 is 0 Å². The zero-order chi connectivity index (χ0) is 13.9. The van der Waals surface area contributed by atoms with Gasteiger partial charge in [0.05, 0.1) is 6.61 Å². The maximum Gasteiger partial charge on any atom is 0.125 e. The Morgan fingerprint density at radius 2 is 1.44 bits per heavy atom. The van der Waals surface area contributed by atoms with Crippen LogP contribution in [0.1, 0.15) is 49.9 Å². The lowest BCUT2D eigenvalue weighted by molar-refractivity contribution is 0.266. The third-order valence-corrected chi connectivity index (χ3v) is 3.43. The molecule has 0 aliphatic rings. The summed E-state index contributed by atoms with van der Waals surface area (Å²) >= 11 is 0. The van der Waals surface area contributed by atoms with Gasteiger partial charge in [0.1, 0.15) is 11.5 Å². The lowest BCUT2D eigenvalue weighted by Gasteiger charge is -2.21. The molecule has 18 heavy (non-hydrogen) atoms. The Labute approximate surface area is 111 Å². The molecule has 0 heterocycles. The summed E-state index contributed by atoms with van der Waals surface area (Å²) in [6.45, 7) is 13.2. The molecule has 102 valence electrons. The molecule has 0 radical (unpaired) electrons. The van der Waals surface area contributed by atoms with Gasteiger partial charge < -0.3 is 9.84 Å². The summed E-state index contributed by atoms with van der Waals surface area (Å²) in [7, 11) is 0. The topological polar surface area (TPSA) is 29.5 Å². The van der Waals surface area contributed by atoms with E-state index in [1.807, 2.05) is 13.8 Å². The van der Waals surface area contributed by atoms with Crippen molar-refractivity contribution in [3.63, 3.8) is 0 Å². The van der Waals surface area contributed by atoms with E-state index < -0.39 is 0 Å². The van der Waals surface area contributed by atoms with Crippen LogP contribution in [0.3, 0.4) is 0 Å². The van der Waals surface area contributed by atoms with Crippen LogP contribution in [0, 0.1) is 19.8 Å². The van der Waals surface area contributed by atoms with Gasteiger partial charge in [-0.1, -0.05) is 27.7 Å². The number of phenolic OH excluding ortho intramolecular Hbond substituents is 1. The summed E-state index contributed by atoms with van der Waals surface area (Å²) in [4.78, 5) is 0. The molecule has 1 aromatic carbocycles. The molecule has 0 atom stereocenters. The SMILES string of the molecule is CCc1c(C)c(OCC(C)C)c(C)c(CC)c1O. The van der Waals surface area contributed by atoms with Crippen molar-refractivity contribution in [3.05, 3.63) is 22.3 Å². The van der Waals surface area contributed by atoms with Crippen molar-refractivity contribution in [2.24, 2.45) is 5.92 Å². The van der Waals surface area contributed by atoms with E-state index in [1.165, 1.54) is 0 Å². The number of benzene rings is 1. The van der Waals surface area contributed by atoms with Gasteiger partial charge in [0.25, 0.3) is 0 Å². The van der Waals surface area contributed by atoms with Gasteiger partial charge >= 0.3 is 0 Å². The fourth-order valence-electron chi connectivity index (χ4n) is 2.42. The summed E-state index contributed by atoms with van der Waals surface area (Å²) in [5.41, 5.74) is 4.23. The molecule has 0 unspecified atom stereocenters. The van der Waals surface area contributed by atoms with E-state index in [1.54, 1.807) is 0 Å². The molecule has 0 aromatic heterocycles. The highest BCUT2D eigenvalue weighted by Crippen LogP contribution is 2.38. The van der Waals surface area contributed by atoms with Crippen molar-refractivity contribution < 1.29 is 9.84 Å². The zero-order valence-corrected chi connectivity index (χ0v) is 12.6. The van der Waals surface area contributed by atoms with E-state index in [4.69, 9.17) is 4.74 Å². The predicted octanol–water partition coefficient (Wildman–Crippen LogP) is 4.17. The van der Waals surface area contributed by atoms with Crippen molar-refractivity contribution in [1.29, 1.82) is 0 Å². The Morgan fingerprint density at radius 3 is 1.78 bits per heavy atom. The Balaban J connectivity index is 3.31. The van der Waals surface area contributed by atoms with Gasteiger partial charge in [0.2, 0.25) is 0 Å². The second-order valence-corrected chi connectivity index (χ2v) is 5.30. The number of hydrogen-bond acceptors (Lipinski definition) is 2. The molecule has 0 amide bonds. The largest absolute Gasteiger partial charge is 0.507 e. The van der Waals surface area contributed by atoms with E-state index in [2.05, 4.69) is 27.7 Å². The van der Waals surface area contributed by atoms with Crippen molar-refractivity contribution in [2.45, 2.75) is 54.4 Å². The maximum atomic E-state index is 10.3. The Hall–Kier alpha value is -1.18. The minimum atomic E-state index is 0.465. The van der Waals surface area contributed by atoms with Crippen molar-refractivity contribution in [1.82, 2.24) is 0 Å². The average molecular weight is 250 g/mol. The number of hydrogen-bond donors (Lipinski definition) is 1. The molecule has 0 aliphatic carbocycles. The van der Waals surface area contributed by atoms with E-state index in [0.29, 0.717) is 11.7 Å². The smallest absolute Gasteiger partial charge is 0.125 e. The fraction of sp³-hybridized carbons (Fsp3) is 0.625. The van der Waals surface area contributed by atoms with Crippen LogP contribution in [0.4, 0.5) is 0 Å². The molecule has 2 nitrogen and oxygen atoms in total. The molecule has 0 fully saturated rings. The lowest BCUT2D eigenvalue weighted by Crippen LogP contribution is -2.09. The van der Waals surface area contributed by atoms with Crippen LogP contribution in [-0.2, 0) is 12.8 Å². The molecule has 2 heteroatoms. The summed E-state index contributed by atoms with van der Waals surface area (Å²) in [5, 5.41) is 10.3. The molecular weight excluding hydrogens is 224 g/mol. The normalized spacial score (nSPS) is 11.1. The van der Waals surface area contributed by atoms with Gasteiger partial charge in [0, 0.05) is 11.1 Å². The van der Waals surface area contributed by atoms with Crippen LogP contribution in [0.5, 0.6) is 11.5 Å². The Bertz CT molecular complexity index is 389. The van der Waals surface area contributed by atoms with Crippen LogP contribution >= 0.6 is 0 Å². The van der Waals surface area contributed by atoms with E-state index in [9.17, 15) is 5.11 Å². The standard InChI is InChI=1S/C16H26O2/c1-7-13-11(5)16(18-9-10(3)4)12(6)14(8-2)15(13)17/h10,17H,7-9H2,1-6H3. The molecule has 1 aromatic rings. The van der Waals surface area contributed by atoms with Gasteiger partial charge in [-0.15, -0.1) is 0 Å². The van der Waals surface area contributed by atoms with Crippen molar-refractivity contribution in [2.75, 3.05) is 6.61 Å². The number of ether oxygens (including phenoxy) is 1. The predicted molar refractivity (Wildman–Crippen MR) is 76.7 cm³/mol. The molecular formula is C16H26O2. The van der Waals surface area contributed by atoms with E-state index in [-0.39, 0.29) is 0 Å². The van der Waals surface area contributed by atoms with E-state index in [0.717, 1.165) is 47.5 Å². The summed E-state index contributed by atoms with van der Waals surface area (Å²) in [6.07, 6.45) is 1.67. The maximum absolute atomic E-state index is 10.3. The lowest BCUT2D eigenvalue weighted by atomic mass is 9.94. The van der Waals surface area contributed by atoms with Crippen molar-refractivity contribution in [3.8, 4) is 11.5 Å².